The lowest BCUT2D eigenvalue weighted by Crippen LogP contribution is -2.33. The topological polar surface area (TPSA) is 46.1 Å². The lowest BCUT2D eigenvalue weighted by Gasteiger charge is -2.20. The van der Waals surface area contributed by atoms with E-state index < -0.39 is 5.41 Å². The Morgan fingerprint density at radius 2 is 1.88 bits per heavy atom. The summed E-state index contributed by atoms with van der Waals surface area (Å²) in [7, 11) is 0. The summed E-state index contributed by atoms with van der Waals surface area (Å²) in [6, 6.07) is 10.6. The molecular formula is C21H18FN3O. The van der Waals surface area contributed by atoms with Gasteiger partial charge >= 0.3 is 0 Å². The van der Waals surface area contributed by atoms with Crippen molar-refractivity contribution in [3.05, 3.63) is 72.1 Å². The van der Waals surface area contributed by atoms with Crippen LogP contribution in [0.4, 0.5) is 15.8 Å². The largest absolute Gasteiger partial charge is 0.280 e. The smallest absolute Gasteiger partial charge is 0.241 e. The monoisotopic (exact) mass is 347 g/mol. The zero-order chi connectivity index (χ0) is 18.5. The summed E-state index contributed by atoms with van der Waals surface area (Å²) in [5.41, 5.74) is 3.73. The van der Waals surface area contributed by atoms with Crippen LogP contribution in [-0.2, 0) is 10.2 Å². The third-order valence-electron chi connectivity index (χ3n) is 4.87. The molecule has 0 aliphatic carbocycles. The Labute approximate surface area is 151 Å². The number of aryl methyl sites for hydroxylation is 1. The molecule has 0 saturated heterocycles. The van der Waals surface area contributed by atoms with Crippen molar-refractivity contribution in [2.45, 2.75) is 26.2 Å². The SMILES string of the molecule is Cc1cc(N2C(=O)C(C)(C)c3ccc(-c4cnccc4F)cc32)ccn1. The van der Waals surface area contributed by atoms with Gasteiger partial charge in [-0.3, -0.25) is 19.7 Å². The minimum Gasteiger partial charge on any atom is -0.280 e. The lowest BCUT2D eigenvalue weighted by atomic mass is 9.85. The van der Waals surface area contributed by atoms with Gasteiger partial charge in [-0.2, -0.15) is 0 Å². The molecule has 3 aromatic rings. The summed E-state index contributed by atoms with van der Waals surface area (Å²) in [5, 5.41) is 0. The first kappa shape index (κ1) is 16.4. The van der Waals surface area contributed by atoms with Crippen LogP contribution in [-0.4, -0.2) is 15.9 Å². The molecule has 2 aromatic heterocycles. The number of hydrogen-bond donors (Lipinski definition) is 0. The van der Waals surface area contributed by atoms with Gasteiger partial charge < -0.3 is 0 Å². The van der Waals surface area contributed by atoms with Crippen molar-refractivity contribution in [1.82, 2.24) is 9.97 Å². The van der Waals surface area contributed by atoms with E-state index in [0.717, 1.165) is 22.6 Å². The third-order valence-corrected chi connectivity index (χ3v) is 4.87. The summed E-state index contributed by atoms with van der Waals surface area (Å²) in [5.74, 6) is -0.350. The Hall–Kier alpha value is -3.08. The lowest BCUT2D eigenvalue weighted by molar-refractivity contribution is -0.121. The number of rotatable bonds is 2. The molecule has 0 spiro atoms. The van der Waals surface area contributed by atoms with Gasteiger partial charge in [0, 0.05) is 29.8 Å². The first-order valence-corrected chi connectivity index (χ1v) is 8.41. The molecular weight excluding hydrogens is 329 g/mol. The van der Waals surface area contributed by atoms with Crippen LogP contribution >= 0.6 is 0 Å². The Balaban J connectivity index is 1.92. The molecule has 0 fully saturated rings. The van der Waals surface area contributed by atoms with E-state index in [1.54, 1.807) is 11.1 Å². The molecule has 0 bridgehead atoms. The highest BCUT2D eigenvalue weighted by Gasteiger charge is 2.44. The molecule has 26 heavy (non-hydrogen) atoms. The summed E-state index contributed by atoms with van der Waals surface area (Å²) < 4.78 is 14.2. The van der Waals surface area contributed by atoms with Crippen LogP contribution in [0.5, 0.6) is 0 Å². The van der Waals surface area contributed by atoms with Crippen molar-refractivity contribution in [2.24, 2.45) is 0 Å². The second-order valence-corrected chi connectivity index (χ2v) is 7.01. The van der Waals surface area contributed by atoms with Gasteiger partial charge in [0.25, 0.3) is 0 Å². The number of pyridine rings is 2. The van der Waals surface area contributed by atoms with Gasteiger partial charge in [0.1, 0.15) is 5.82 Å². The van der Waals surface area contributed by atoms with Crippen LogP contribution < -0.4 is 4.90 Å². The van der Waals surface area contributed by atoms with Crippen LogP contribution in [0.3, 0.4) is 0 Å². The Bertz CT molecular complexity index is 1030. The second kappa shape index (κ2) is 5.73. The minimum absolute atomic E-state index is 0.0121. The van der Waals surface area contributed by atoms with E-state index in [4.69, 9.17) is 0 Å². The van der Waals surface area contributed by atoms with E-state index in [-0.39, 0.29) is 11.7 Å². The molecule has 0 radical (unpaired) electrons. The highest BCUT2D eigenvalue weighted by Crippen LogP contribution is 2.46. The first-order valence-electron chi connectivity index (χ1n) is 8.41. The Morgan fingerprint density at radius 1 is 1.08 bits per heavy atom. The number of amides is 1. The number of benzene rings is 1. The summed E-state index contributed by atoms with van der Waals surface area (Å²) in [6.45, 7) is 5.70. The van der Waals surface area contributed by atoms with E-state index in [1.807, 2.05) is 51.1 Å². The van der Waals surface area contributed by atoms with Crippen LogP contribution in [0.2, 0.25) is 0 Å². The number of aromatic nitrogens is 2. The Kier molecular flexibility index (Phi) is 3.61. The van der Waals surface area contributed by atoms with Gasteiger partial charge in [0.05, 0.1) is 16.8 Å². The molecule has 1 aliphatic heterocycles. The van der Waals surface area contributed by atoms with E-state index in [2.05, 4.69) is 9.97 Å². The molecule has 5 heteroatoms. The van der Waals surface area contributed by atoms with Crippen LogP contribution in [0, 0.1) is 12.7 Å². The molecule has 0 atom stereocenters. The van der Waals surface area contributed by atoms with Crippen molar-refractivity contribution < 1.29 is 9.18 Å². The molecule has 1 amide bonds. The van der Waals surface area contributed by atoms with Gasteiger partial charge in [-0.25, -0.2) is 4.39 Å². The molecule has 130 valence electrons. The second-order valence-electron chi connectivity index (χ2n) is 7.01. The minimum atomic E-state index is -0.654. The number of fused-ring (bicyclic) bond motifs is 1. The molecule has 4 rings (SSSR count). The maximum Gasteiger partial charge on any atom is 0.241 e. The highest BCUT2D eigenvalue weighted by molar-refractivity contribution is 6.13. The number of hydrogen-bond acceptors (Lipinski definition) is 3. The van der Waals surface area contributed by atoms with Gasteiger partial charge in [-0.05, 0) is 56.2 Å². The van der Waals surface area contributed by atoms with E-state index in [1.165, 1.54) is 18.5 Å². The molecule has 0 unspecified atom stereocenters. The number of anilines is 2. The Morgan fingerprint density at radius 3 is 2.62 bits per heavy atom. The quantitative estimate of drug-likeness (QED) is 0.683. The predicted molar refractivity (Wildman–Crippen MR) is 98.8 cm³/mol. The maximum absolute atomic E-state index is 14.2. The number of carbonyl (C=O) groups is 1. The van der Waals surface area contributed by atoms with Gasteiger partial charge in [0.2, 0.25) is 5.91 Å². The van der Waals surface area contributed by atoms with E-state index >= 15 is 0 Å². The third kappa shape index (κ3) is 2.39. The van der Waals surface area contributed by atoms with Crippen molar-refractivity contribution in [3.8, 4) is 11.1 Å². The van der Waals surface area contributed by atoms with Crippen molar-refractivity contribution in [2.75, 3.05) is 4.90 Å². The fraction of sp³-hybridized carbons (Fsp3) is 0.190. The molecule has 1 aliphatic rings. The standard InChI is InChI=1S/C21H18FN3O/c1-13-10-15(6-9-24-13)25-19-11-14(16-12-23-8-7-18(16)22)4-5-17(19)21(2,3)20(25)26/h4-12H,1-3H3. The molecule has 0 N–H and O–H groups in total. The summed E-state index contributed by atoms with van der Waals surface area (Å²) in [4.78, 5) is 23.1. The van der Waals surface area contributed by atoms with E-state index in [9.17, 15) is 9.18 Å². The van der Waals surface area contributed by atoms with Gasteiger partial charge in [-0.15, -0.1) is 0 Å². The predicted octanol–water partition coefficient (Wildman–Crippen LogP) is 4.55. The summed E-state index contributed by atoms with van der Waals surface area (Å²) in [6.07, 6.45) is 4.61. The van der Waals surface area contributed by atoms with Crippen LogP contribution in [0.15, 0.2) is 55.0 Å². The molecule has 4 nitrogen and oxygen atoms in total. The number of nitrogens with zero attached hydrogens (tertiary/aromatic N) is 3. The molecule has 0 saturated carbocycles. The number of carbonyl (C=O) groups excluding carboxylic acids is 1. The number of halogens is 1. The summed E-state index contributed by atoms with van der Waals surface area (Å²) >= 11 is 0. The van der Waals surface area contributed by atoms with Crippen molar-refractivity contribution in [3.63, 3.8) is 0 Å². The average Bonchev–Trinajstić information content (AvgIpc) is 2.81. The fourth-order valence-corrected chi connectivity index (χ4v) is 3.43. The fourth-order valence-electron chi connectivity index (χ4n) is 3.43. The zero-order valence-electron chi connectivity index (χ0n) is 14.8. The van der Waals surface area contributed by atoms with Crippen molar-refractivity contribution in [1.29, 1.82) is 0 Å². The molecule has 1 aromatic carbocycles. The average molecular weight is 347 g/mol. The van der Waals surface area contributed by atoms with Gasteiger partial charge in [0.15, 0.2) is 0 Å². The first-order chi connectivity index (χ1) is 12.4. The molecule has 3 heterocycles. The zero-order valence-corrected chi connectivity index (χ0v) is 14.8. The highest BCUT2D eigenvalue weighted by atomic mass is 19.1. The van der Waals surface area contributed by atoms with Crippen LogP contribution in [0.1, 0.15) is 25.1 Å². The van der Waals surface area contributed by atoms with E-state index in [0.29, 0.717) is 11.1 Å². The normalized spacial score (nSPS) is 15.2. The van der Waals surface area contributed by atoms with Gasteiger partial charge in [-0.1, -0.05) is 12.1 Å². The van der Waals surface area contributed by atoms with Crippen LogP contribution in [0.25, 0.3) is 11.1 Å². The maximum atomic E-state index is 14.2. The van der Waals surface area contributed by atoms with Crippen molar-refractivity contribution >= 4 is 17.3 Å².